The molecule has 8 heteroatoms. The number of hydrogen-bond acceptors (Lipinski definition) is 4. The van der Waals surface area contributed by atoms with Crippen molar-refractivity contribution >= 4 is 5.91 Å². The topological polar surface area (TPSA) is 60.5 Å². The van der Waals surface area contributed by atoms with Crippen molar-refractivity contribution in [3.8, 4) is 11.5 Å². The monoisotopic (exact) mass is 410 g/mol. The van der Waals surface area contributed by atoms with Gasteiger partial charge in [-0.1, -0.05) is 26.8 Å². The normalized spacial score (nSPS) is 13.0. The molecule has 5 nitrogen and oxygen atoms in total. The number of carbonyl (C=O) groups excluding carboxylic acids is 1. The number of rotatable bonds is 6. The van der Waals surface area contributed by atoms with Gasteiger partial charge < -0.3 is 14.8 Å². The lowest BCUT2D eigenvalue weighted by Crippen LogP contribution is -2.28. The zero-order valence-electron chi connectivity index (χ0n) is 17.1. The molecule has 1 aromatic carbocycles. The van der Waals surface area contributed by atoms with Crippen molar-refractivity contribution in [2.24, 2.45) is 0 Å². The summed E-state index contributed by atoms with van der Waals surface area (Å²) in [5.74, 6) is 0.121. The molecule has 0 spiro atoms. The van der Waals surface area contributed by atoms with Gasteiger partial charge in [0.05, 0.1) is 30.6 Å². The summed E-state index contributed by atoms with van der Waals surface area (Å²) in [4.78, 5) is 16.9. The standard InChI is InChI=1S/C21H25F3N2O3/c1-13(17-8-7-15(11-25-17)29-12-21(22,23)24)26-19(27)16-10-14(20(2,3)4)6-9-18(16)28-5/h6-11,13H,12H2,1-5H3,(H,26,27)/t13-/m1/s1. The molecule has 1 atom stereocenters. The van der Waals surface area contributed by atoms with Crippen LogP contribution in [0.25, 0.3) is 0 Å². The van der Waals surface area contributed by atoms with E-state index in [0.717, 1.165) is 5.56 Å². The van der Waals surface area contributed by atoms with Gasteiger partial charge in [-0.25, -0.2) is 0 Å². The van der Waals surface area contributed by atoms with Crippen LogP contribution in [0.2, 0.25) is 0 Å². The highest BCUT2D eigenvalue weighted by molar-refractivity contribution is 5.97. The van der Waals surface area contributed by atoms with E-state index in [4.69, 9.17) is 4.74 Å². The van der Waals surface area contributed by atoms with Crippen LogP contribution < -0.4 is 14.8 Å². The maximum atomic E-state index is 12.8. The summed E-state index contributed by atoms with van der Waals surface area (Å²) in [6.07, 6.45) is -3.22. The van der Waals surface area contributed by atoms with Crippen LogP contribution >= 0.6 is 0 Å². The molecule has 0 aliphatic heterocycles. The third-order valence-corrected chi connectivity index (χ3v) is 4.26. The van der Waals surface area contributed by atoms with Gasteiger partial charge in [-0.3, -0.25) is 9.78 Å². The molecular formula is C21H25F3N2O3. The molecule has 2 aromatic rings. The molecule has 0 fully saturated rings. The van der Waals surface area contributed by atoms with E-state index >= 15 is 0 Å². The first kappa shape index (κ1) is 22.5. The average molecular weight is 410 g/mol. The number of aromatic nitrogens is 1. The van der Waals surface area contributed by atoms with Crippen LogP contribution in [0.4, 0.5) is 13.2 Å². The van der Waals surface area contributed by atoms with Crippen LogP contribution in [-0.4, -0.2) is 30.8 Å². The SMILES string of the molecule is COc1ccc(C(C)(C)C)cc1C(=O)N[C@H](C)c1ccc(OCC(F)(F)F)cn1. The lowest BCUT2D eigenvalue weighted by molar-refractivity contribution is -0.153. The molecule has 0 radical (unpaired) electrons. The first-order valence-electron chi connectivity index (χ1n) is 9.05. The predicted octanol–water partition coefficient (Wildman–Crippen LogP) is 4.82. The lowest BCUT2D eigenvalue weighted by atomic mass is 9.86. The van der Waals surface area contributed by atoms with E-state index in [-0.39, 0.29) is 17.1 Å². The molecule has 0 aliphatic rings. The molecule has 1 N–H and O–H groups in total. The highest BCUT2D eigenvalue weighted by atomic mass is 19.4. The zero-order valence-corrected chi connectivity index (χ0v) is 17.1. The summed E-state index contributed by atoms with van der Waals surface area (Å²) in [7, 11) is 1.49. The number of benzene rings is 1. The van der Waals surface area contributed by atoms with Crippen molar-refractivity contribution in [2.75, 3.05) is 13.7 Å². The maximum absolute atomic E-state index is 12.8. The van der Waals surface area contributed by atoms with Crippen molar-refractivity contribution in [2.45, 2.75) is 45.3 Å². The van der Waals surface area contributed by atoms with Crippen molar-refractivity contribution in [1.82, 2.24) is 10.3 Å². The second-order valence-electron chi connectivity index (χ2n) is 7.68. The number of alkyl halides is 3. The van der Waals surface area contributed by atoms with Crippen LogP contribution in [0.15, 0.2) is 36.5 Å². The largest absolute Gasteiger partial charge is 0.496 e. The third kappa shape index (κ3) is 6.37. The van der Waals surface area contributed by atoms with Gasteiger partial charge in [0.15, 0.2) is 6.61 Å². The molecule has 1 amide bonds. The second-order valence-corrected chi connectivity index (χ2v) is 7.68. The van der Waals surface area contributed by atoms with Gasteiger partial charge in [-0.05, 0) is 42.2 Å². The summed E-state index contributed by atoms with van der Waals surface area (Å²) in [6, 6.07) is 7.90. The Morgan fingerprint density at radius 2 is 1.86 bits per heavy atom. The van der Waals surface area contributed by atoms with Crippen LogP contribution in [-0.2, 0) is 5.41 Å². The summed E-state index contributed by atoms with van der Waals surface area (Å²) >= 11 is 0. The Bertz CT molecular complexity index is 844. The zero-order chi connectivity index (χ0) is 21.8. The molecule has 29 heavy (non-hydrogen) atoms. The Balaban J connectivity index is 2.12. The number of nitrogens with zero attached hydrogens (tertiary/aromatic N) is 1. The van der Waals surface area contributed by atoms with E-state index in [1.54, 1.807) is 19.1 Å². The fourth-order valence-corrected chi connectivity index (χ4v) is 2.60. The van der Waals surface area contributed by atoms with Gasteiger partial charge in [0, 0.05) is 0 Å². The number of nitrogens with one attached hydrogen (secondary N) is 1. The minimum Gasteiger partial charge on any atom is -0.496 e. The number of carbonyl (C=O) groups is 1. The molecule has 0 saturated heterocycles. The molecule has 1 heterocycles. The summed E-state index contributed by atoms with van der Waals surface area (Å²) in [5.41, 5.74) is 1.74. The number of halogens is 3. The van der Waals surface area contributed by atoms with Gasteiger partial charge in [0.1, 0.15) is 11.5 Å². The van der Waals surface area contributed by atoms with Gasteiger partial charge >= 0.3 is 6.18 Å². The Hall–Kier alpha value is -2.77. The molecule has 0 aliphatic carbocycles. The summed E-state index contributed by atoms with van der Waals surface area (Å²) < 4.78 is 46.6. The van der Waals surface area contributed by atoms with Gasteiger partial charge in [-0.2, -0.15) is 13.2 Å². The molecule has 0 unspecified atom stereocenters. The number of amides is 1. The number of hydrogen-bond donors (Lipinski definition) is 1. The van der Waals surface area contributed by atoms with Gasteiger partial charge in [-0.15, -0.1) is 0 Å². The fraction of sp³-hybridized carbons (Fsp3) is 0.429. The van der Waals surface area contributed by atoms with Crippen LogP contribution in [0.3, 0.4) is 0 Å². The molecule has 158 valence electrons. The third-order valence-electron chi connectivity index (χ3n) is 4.26. The minimum absolute atomic E-state index is 0.00384. The first-order valence-corrected chi connectivity index (χ1v) is 9.05. The van der Waals surface area contributed by atoms with Crippen molar-refractivity contribution < 1.29 is 27.4 Å². The smallest absolute Gasteiger partial charge is 0.422 e. The molecule has 1 aromatic heterocycles. The molecule has 2 rings (SSSR count). The van der Waals surface area contributed by atoms with E-state index in [2.05, 4.69) is 15.0 Å². The quantitative estimate of drug-likeness (QED) is 0.742. The highest BCUT2D eigenvalue weighted by Crippen LogP contribution is 2.28. The first-order chi connectivity index (χ1) is 13.4. The van der Waals surface area contributed by atoms with E-state index in [0.29, 0.717) is 17.0 Å². The van der Waals surface area contributed by atoms with Crippen molar-refractivity contribution in [1.29, 1.82) is 0 Å². The maximum Gasteiger partial charge on any atom is 0.422 e. The minimum atomic E-state index is -4.42. The van der Waals surface area contributed by atoms with E-state index in [1.807, 2.05) is 26.8 Å². The van der Waals surface area contributed by atoms with Crippen molar-refractivity contribution in [3.63, 3.8) is 0 Å². The fourth-order valence-electron chi connectivity index (χ4n) is 2.60. The van der Waals surface area contributed by atoms with Crippen LogP contribution in [0, 0.1) is 0 Å². The van der Waals surface area contributed by atoms with E-state index in [1.165, 1.54) is 25.4 Å². The van der Waals surface area contributed by atoms with Gasteiger partial charge in [0.2, 0.25) is 0 Å². The Morgan fingerprint density at radius 1 is 1.17 bits per heavy atom. The second kappa shape index (κ2) is 8.71. The molecule has 0 bridgehead atoms. The Labute approximate surface area is 168 Å². The van der Waals surface area contributed by atoms with Gasteiger partial charge in [0.25, 0.3) is 5.91 Å². The highest BCUT2D eigenvalue weighted by Gasteiger charge is 2.28. The van der Waals surface area contributed by atoms with E-state index in [9.17, 15) is 18.0 Å². The number of methoxy groups -OCH3 is 1. The Kier molecular flexibility index (Phi) is 6.77. The lowest BCUT2D eigenvalue weighted by Gasteiger charge is -2.21. The Morgan fingerprint density at radius 3 is 2.38 bits per heavy atom. The number of pyridine rings is 1. The van der Waals surface area contributed by atoms with E-state index < -0.39 is 18.8 Å². The van der Waals surface area contributed by atoms with Crippen LogP contribution in [0.5, 0.6) is 11.5 Å². The summed E-state index contributed by atoms with van der Waals surface area (Å²) in [5, 5.41) is 2.84. The average Bonchev–Trinajstić information content (AvgIpc) is 2.64. The molecule has 0 saturated carbocycles. The number of ether oxygens (including phenoxy) is 2. The molecular weight excluding hydrogens is 385 g/mol. The van der Waals surface area contributed by atoms with Crippen molar-refractivity contribution in [3.05, 3.63) is 53.3 Å². The predicted molar refractivity (Wildman–Crippen MR) is 103 cm³/mol. The van der Waals surface area contributed by atoms with Crippen LogP contribution in [0.1, 0.15) is 55.4 Å². The summed E-state index contributed by atoms with van der Waals surface area (Å²) in [6.45, 7) is 6.49.